The van der Waals surface area contributed by atoms with Crippen molar-refractivity contribution in [1.29, 1.82) is 0 Å². The summed E-state index contributed by atoms with van der Waals surface area (Å²) in [6.07, 6.45) is 4.67. The van der Waals surface area contributed by atoms with E-state index < -0.39 is 0 Å². The number of hydrogen-bond acceptors (Lipinski definition) is 5. The predicted octanol–water partition coefficient (Wildman–Crippen LogP) is 3.55. The van der Waals surface area contributed by atoms with E-state index in [-0.39, 0.29) is 30.4 Å². The number of amides is 3. The van der Waals surface area contributed by atoms with E-state index in [1.165, 1.54) is 11.3 Å². The maximum atomic E-state index is 13.2. The molecule has 176 valence electrons. The van der Waals surface area contributed by atoms with Gasteiger partial charge in [0, 0.05) is 44.0 Å². The molecule has 1 aromatic heterocycles. The monoisotopic (exact) mass is 469 g/mol. The average Bonchev–Trinajstić information content (AvgIpc) is 3.28. The van der Waals surface area contributed by atoms with Gasteiger partial charge in [0.1, 0.15) is 10.6 Å². The predicted molar refractivity (Wildman–Crippen MR) is 128 cm³/mol. The Bertz CT molecular complexity index is 977. The number of benzene rings is 1. The van der Waals surface area contributed by atoms with Gasteiger partial charge in [-0.1, -0.05) is 30.3 Å². The van der Waals surface area contributed by atoms with Crippen molar-refractivity contribution in [3.8, 4) is 16.2 Å². The molecule has 2 aliphatic rings. The van der Waals surface area contributed by atoms with E-state index in [0.29, 0.717) is 23.7 Å². The molecule has 2 aliphatic heterocycles. The standard InChI is InChI=1S/C25H31N3O4S/c1-18(29)27-14-10-20(11-15-27)26-25(31)24-21(16-22(33-24)19-8-4-2-5-9-19)32-17-23(30)28-12-6-3-7-13-28/h2,4-5,8-9,16,20H,3,6-7,10-15,17H2,1H3,(H,26,31). The van der Waals surface area contributed by atoms with Crippen LogP contribution in [0, 0.1) is 0 Å². The van der Waals surface area contributed by atoms with Gasteiger partial charge in [-0.05, 0) is 43.7 Å². The minimum atomic E-state index is -0.191. The van der Waals surface area contributed by atoms with Crippen molar-refractivity contribution < 1.29 is 19.1 Å². The van der Waals surface area contributed by atoms with Crippen LogP contribution in [0.15, 0.2) is 36.4 Å². The van der Waals surface area contributed by atoms with E-state index in [1.807, 2.05) is 46.2 Å². The Morgan fingerprint density at radius 3 is 2.36 bits per heavy atom. The Morgan fingerprint density at radius 2 is 1.70 bits per heavy atom. The van der Waals surface area contributed by atoms with E-state index in [2.05, 4.69) is 5.32 Å². The Hall–Kier alpha value is -2.87. The zero-order chi connectivity index (χ0) is 23.2. The van der Waals surface area contributed by atoms with Crippen LogP contribution in [0.5, 0.6) is 5.75 Å². The first-order valence-corrected chi connectivity index (χ1v) is 12.5. The highest BCUT2D eigenvalue weighted by atomic mass is 32.1. The fraction of sp³-hybridized carbons (Fsp3) is 0.480. The number of nitrogens with zero attached hydrogens (tertiary/aromatic N) is 2. The number of hydrogen-bond donors (Lipinski definition) is 1. The van der Waals surface area contributed by atoms with Crippen molar-refractivity contribution in [2.45, 2.75) is 45.1 Å². The SMILES string of the molecule is CC(=O)N1CCC(NC(=O)c2sc(-c3ccccc3)cc2OCC(=O)N2CCCCC2)CC1. The van der Waals surface area contributed by atoms with Gasteiger partial charge in [0.15, 0.2) is 6.61 Å². The van der Waals surface area contributed by atoms with E-state index >= 15 is 0 Å². The second kappa shape index (κ2) is 10.8. The summed E-state index contributed by atoms with van der Waals surface area (Å²) >= 11 is 1.38. The smallest absolute Gasteiger partial charge is 0.265 e. The molecule has 0 aliphatic carbocycles. The molecular formula is C25H31N3O4S. The van der Waals surface area contributed by atoms with Crippen molar-refractivity contribution in [3.63, 3.8) is 0 Å². The number of piperidine rings is 2. The Labute approximate surface area is 198 Å². The van der Waals surface area contributed by atoms with Crippen molar-refractivity contribution in [1.82, 2.24) is 15.1 Å². The van der Waals surface area contributed by atoms with Crippen molar-refractivity contribution >= 4 is 29.1 Å². The number of nitrogens with one attached hydrogen (secondary N) is 1. The number of likely N-dealkylation sites (tertiary alicyclic amines) is 2. The fourth-order valence-electron chi connectivity index (χ4n) is 4.35. The molecule has 8 heteroatoms. The van der Waals surface area contributed by atoms with Crippen molar-refractivity contribution in [3.05, 3.63) is 41.3 Å². The van der Waals surface area contributed by atoms with Crippen LogP contribution in [0.4, 0.5) is 0 Å². The van der Waals surface area contributed by atoms with Gasteiger partial charge in [-0.3, -0.25) is 14.4 Å². The van der Waals surface area contributed by atoms with Crippen LogP contribution in [-0.4, -0.2) is 66.3 Å². The van der Waals surface area contributed by atoms with Crippen LogP contribution in [0.1, 0.15) is 48.7 Å². The third kappa shape index (κ3) is 5.93. The van der Waals surface area contributed by atoms with Gasteiger partial charge in [0.2, 0.25) is 5.91 Å². The Balaban J connectivity index is 1.46. The third-order valence-electron chi connectivity index (χ3n) is 6.30. The van der Waals surface area contributed by atoms with Crippen LogP contribution in [0.25, 0.3) is 10.4 Å². The topological polar surface area (TPSA) is 79.0 Å². The van der Waals surface area contributed by atoms with Gasteiger partial charge in [0.05, 0.1) is 0 Å². The number of thiophene rings is 1. The maximum absolute atomic E-state index is 13.2. The molecule has 3 heterocycles. The molecule has 33 heavy (non-hydrogen) atoms. The highest BCUT2D eigenvalue weighted by molar-refractivity contribution is 7.17. The van der Waals surface area contributed by atoms with Gasteiger partial charge in [-0.25, -0.2) is 0 Å². The maximum Gasteiger partial charge on any atom is 0.265 e. The lowest BCUT2D eigenvalue weighted by Crippen LogP contribution is -2.45. The summed E-state index contributed by atoms with van der Waals surface area (Å²) in [5, 5.41) is 3.11. The largest absolute Gasteiger partial charge is 0.482 e. The van der Waals surface area contributed by atoms with Crippen LogP contribution in [0.2, 0.25) is 0 Å². The van der Waals surface area contributed by atoms with E-state index in [4.69, 9.17) is 4.74 Å². The van der Waals surface area contributed by atoms with Gasteiger partial charge in [-0.2, -0.15) is 0 Å². The molecule has 0 saturated carbocycles. The van der Waals surface area contributed by atoms with Gasteiger partial charge >= 0.3 is 0 Å². The molecule has 0 atom stereocenters. The van der Waals surface area contributed by atoms with Crippen LogP contribution in [-0.2, 0) is 9.59 Å². The molecule has 1 aromatic carbocycles. The second-order valence-corrected chi connectivity index (χ2v) is 9.71. The molecule has 2 fully saturated rings. The van der Waals surface area contributed by atoms with Gasteiger partial charge in [-0.15, -0.1) is 11.3 Å². The summed E-state index contributed by atoms with van der Waals surface area (Å²) in [5.41, 5.74) is 1.00. The highest BCUT2D eigenvalue weighted by Gasteiger charge is 2.26. The summed E-state index contributed by atoms with van der Waals surface area (Å²) in [6.45, 7) is 4.34. The molecule has 0 unspecified atom stereocenters. The lowest BCUT2D eigenvalue weighted by atomic mass is 10.0. The normalized spacial score (nSPS) is 17.0. The molecule has 4 rings (SSSR count). The molecule has 1 N–H and O–H groups in total. The van der Waals surface area contributed by atoms with Crippen molar-refractivity contribution in [2.24, 2.45) is 0 Å². The first kappa shape index (κ1) is 23.3. The first-order chi connectivity index (χ1) is 16.0. The number of carbonyl (C=O) groups is 3. The average molecular weight is 470 g/mol. The first-order valence-electron chi connectivity index (χ1n) is 11.7. The number of carbonyl (C=O) groups excluding carboxylic acids is 3. The van der Waals surface area contributed by atoms with Crippen LogP contribution >= 0.6 is 11.3 Å². The summed E-state index contributed by atoms with van der Waals surface area (Å²) in [7, 11) is 0. The molecular weight excluding hydrogens is 438 g/mol. The minimum Gasteiger partial charge on any atom is -0.482 e. The Kier molecular flexibility index (Phi) is 7.65. The zero-order valence-corrected chi connectivity index (χ0v) is 19.9. The molecule has 0 radical (unpaired) electrons. The van der Waals surface area contributed by atoms with E-state index in [0.717, 1.165) is 55.6 Å². The minimum absolute atomic E-state index is 0.0122. The van der Waals surface area contributed by atoms with Crippen molar-refractivity contribution in [2.75, 3.05) is 32.8 Å². The number of rotatable bonds is 6. The summed E-state index contributed by atoms with van der Waals surface area (Å²) < 4.78 is 5.92. The molecule has 3 amide bonds. The Morgan fingerprint density at radius 1 is 1.00 bits per heavy atom. The molecule has 0 spiro atoms. The van der Waals surface area contributed by atoms with E-state index in [9.17, 15) is 14.4 Å². The van der Waals surface area contributed by atoms with Crippen LogP contribution in [0.3, 0.4) is 0 Å². The summed E-state index contributed by atoms with van der Waals surface area (Å²) in [5.74, 6) is 0.288. The lowest BCUT2D eigenvalue weighted by Gasteiger charge is -2.31. The van der Waals surface area contributed by atoms with Gasteiger partial charge < -0.3 is 19.9 Å². The molecule has 7 nitrogen and oxygen atoms in total. The second-order valence-electron chi connectivity index (χ2n) is 8.65. The van der Waals surface area contributed by atoms with E-state index in [1.54, 1.807) is 6.92 Å². The van der Waals surface area contributed by atoms with Gasteiger partial charge in [0.25, 0.3) is 11.8 Å². The summed E-state index contributed by atoms with van der Waals surface area (Å²) in [4.78, 5) is 42.4. The molecule has 2 saturated heterocycles. The molecule has 0 bridgehead atoms. The quantitative estimate of drug-likeness (QED) is 0.702. The third-order valence-corrected chi connectivity index (χ3v) is 7.46. The van der Waals surface area contributed by atoms with Crippen LogP contribution < -0.4 is 10.1 Å². The lowest BCUT2D eigenvalue weighted by molar-refractivity contribution is -0.134. The summed E-state index contributed by atoms with van der Waals surface area (Å²) in [6, 6.07) is 11.7. The highest BCUT2D eigenvalue weighted by Crippen LogP contribution is 2.36. The number of ether oxygens (including phenoxy) is 1. The zero-order valence-electron chi connectivity index (χ0n) is 19.0. The fourth-order valence-corrected chi connectivity index (χ4v) is 5.36. The molecule has 2 aromatic rings.